The number of thioether (sulfide) groups is 1. The maximum atomic E-state index is 11.3. The Labute approximate surface area is 117 Å². The molecule has 0 aliphatic carbocycles. The summed E-state index contributed by atoms with van der Waals surface area (Å²) < 4.78 is 5.08. The van der Waals surface area contributed by atoms with Gasteiger partial charge in [0.05, 0.1) is 0 Å². The Morgan fingerprint density at radius 2 is 1.72 bits per heavy atom. The van der Waals surface area contributed by atoms with Crippen molar-refractivity contribution in [3.8, 4) is 0 Å². The lowest BCUT2D eigenvalue weighted by atomic mass is 10.2. The quantitative estimate of drug-likeness (QED) is 0.553. The van der Waals surface area contributed by atoms with Crippen LogP contribution < -0.4 is 10.6 Å². The third-order valence-electron chi connectivity index (χ3n) is 1.60. The van der Waals surface area contributed by atoms with Gasteiger partial charge in [-0.05, 0) is 20.8 Å². The highest BCUT2D eigenvalue weighted by atomic mass is 35.5. The summed E-state index contributed by atoms with van der Waals surface area (Å²) >= 11 is 6.96. The van der Waals surface area contributed by atoms with Crippen molar-refractivity contribution in [2.75, 3.05) is 30.5 Å². The zero-order valence-corrected chi connectivity index (χ0v) is 12.6. The molecule has 106 valence electrons. The van der Waals surface area contributed by atoms with Crippen LogP contribution >= 0.6 is 23.4 Å². The van der Waals surface area contributed by atoms with Crippen molar-refractivity contribution < 1.29 is 14.3 Å². The van der Waals surface area contributed by atoms with E-state index in [1.54, 1.807) is 11.8 Å². The number of carbonyl (C=O) groups is 2. The van der Waals surface area contributed by atoms with E-state index >= 15 is 0 Å². The molecule has 0 bridgehead atoms. The van der Waals surface area contributed by atoms with Crippen molar-refractivity contribution in [1.29, 1.82) is 0 Å². The van der Waals surface area contributed by atoms with Crippen LogP contribution in [0.5, 0.6) is 0 Å². The Bertz CT molecular complexity index is 270. The maximum Gasteiger partial charge on any atom is 0.407 e. The third-order valence-corrected chi connectivity index (χ3v) is 2.83. The van der Waals surface area contributed by atoms with E-state index < -0.39 is 11.7 Å². The molecule has 0 atom stereocenters. The molecule has 2 N–H and O–H groups in total. The minimum absolute atomic E-state index is 0.00906. The third kappa shape index (κ3) is 11.9. The van der Waals surface area contributed by atoms with Gasteiger partial charge in [-0.1, -0.05) is 0 Å². The highest BCUT2D eigenvalue weighted by molar-refractivity contribution is 7.99. The smallest absolute Gasteiger partial charge is 0.407 e. The van der Waals surface area contributed by atoms with Crippen molar-refractivity contribution in [2.45, 2.75) is 26.4 Å². The summed E-state index contributed by atoms with van der Waals surface area (Å²) in [5, 5.41) is 5.32. The molecule has 2 amide bonds. The van der Waals surface area contributed by atoms with Gasteiger partial charge in [0.25, 0.3) is 0 Å². The van der Waals surface area contributed by atoms with Gasteiger partial charge < -0.3 is 15.4 Å². The zero-order valence-electron chi connectivity index (χ0n) is 11.0. The number of rotatable bonds is 7. The van der Waals surface area contributed by atoms with Gasteiger partial charge in [0.15, 0.2) is 0 Å². The first kappa shape index (κ1) is 17.4. The van der Waals surface area contributed by atoms with Crippen LogP contribution in [0.2, 0.25) is 0 Å². The average Bonchev–Trinajstić information content (AvgIpc) is 2.25. The second-order valence-electron chi connectivity index (χ2n) is 4.52. The Kier molecular flexibility index (Phi) is 9.01. The standard InChI is InChI=1S/C11H21ClN2O3S/c1-11(2,3)17-10(16)14-5-7-18-6-4-13-9(15)8-12/h4-8H2,1-3H3,(H,13,15)(H,14,16). The predicted octanol–water partition coefficient (Wildman–Crippen LogP) is 1.60. The number of nitrogens with one attached hydrogen (secondary N) is 2. The van der Waals surface area contributed by atoms with Crippen molar-refractivity contribution in [1.82, 2.24) is 10.6 Å². The van der Waals surface area contributed by atoms with E-state index in [2.05, 4.69) is 10.6 Å². The molecule has 7 heteroatoms. The molecular weight excluding hydrogens is 276 g/mol. The first-order valence-electron chi connectivity index (χ1n) is 5.72. The van der Waals surface area contributed by atoms with Gasteiger partial charge in [-0.3, -0.25) is 4.79 Å². The molecule has 0 aromatic rings. The number of alkyl carbamates (subject to hydrolysis) is 1. The summed E-state index contributed by atoms with van der Waals surface area (Å²) in [6, 6.07) is 0. The first-order valence-corrected chi connectivity index (χ1v) is 7.41. The molecule has 18 heavy (non-hydrogen) atoms. The zero-order chi connectivity index (χ0) is 14.0. The number of halogens is 1. The highest BCUT2D eigenvalue weighted by Crippen LogP contribution is 2.06. The molecule has 0 radical (unpaired) electrons. The second-order valence-corrected chi connectivity index (χ2v) is 6.02. The summed E-state index contributed by atoms with van der Waals surface area (Å²) in [4.78, 5) is 22.1. The van der Waals surface area contributed by atoms with Gasteiger partial charge in [0.2, 0.25) is 5.91 Å². The van der Waals surface area contributed by atoms with Crippen LogP contribution in [0.4, 0.5) is 4.79 Å². The number of carbonyl (C=O) groups excluding carboxylic acids is 2. The normalized spacial score (nSPS) is 10.9. The number of amides is 2. The Morgan fingerprint density at radius 1 is 1.17 bits per heavy atom. The fourth-order valence-electron chi connectivity index (χ4n) is 0.951. The van der Waals surface area contributed by atoms with Crippen LogP contribution in [0.25, 0.3) is 0 Å². The molecule has 0 aliphatic rings. The molecule has 0 rings (SSSR count). The summed E-state index contributed by atoms with van der Waals surface area (Å²) in [7, 11) is 0. The molecule has 0 aromatic heterocycles. The highest BCUT2D eigenvalue weighted by Gasteiger charge is 2.15. The van der Waals surface area contributed by atoms with Crippen LogP contribution in [0.3, 0.4) is 0 Å². The van der Waals surface area contributed by atoms with E-state index in [0.29, 0.717) is 13.1 Å². The van der Waals surface area contributed by atoms with Crippen molar-refractivity contribution in [3.05, 3.63) is 0 Å². The molecule has 0 spiro atoms. The monoisotopic (exact) mass is 296 g/mol. The SMILES string of the molecule is CC(C)(C)OC(=O)NCCSCCNC(=O)CCl. The number of hydrogen-bond donors (Lipinski definition) is 2. The summed E-state index contributed by atoms with van der Waals surface area (Å²) in [5.74, 6) is 1.39. The fraction of sp³-hybridized carbons (Fsp3) is 0.818. The molecule has 0 aromatic carbocycles. The number of ether oxygens (including phenoxy) is 1. The molecule has 0 unspecified atom stereocenters. The van der Waals surface area contributed by atoms with Crippen LogP contribution in [0.1, 0.15) is 20.8 Å². The van der Waals surface area contributed by atoms with Gasteiger partial charge in [-0.15, -0.1) is 11.6 Å². The fourth-order valence-corrected chi connectivity index (χ4v) is 1.74. The largest absolute Gasteiger partial charge is 0.444 e. The lowest BCUT2D eigenvalue weighted by Gasteiger charge is -2.19. The van der Waals surface area contributed by atoms with Crippen molar-refractivity contribution >= 4 is 35.4 Å². The lowest BCUT2D eigenvalue weighted by Crippen LogP contribution is -2.33. The van der Waals surface area contributed by atoms with Crippen molar-refractivity contribution in [3.63, 3.8) is 0 Å². The van der Waals surface area contributed by atoms with Crippen LogP contribution in [-0.4, -0.2) is 48.1 Å². The maximum absolute atomic E-state index is 11.3. The summed E-state index contributed by atoms with van der Waals surface area (Å²) in [6.07, 6.45) is -0.404. The van der Waals surface area contributed by atoms with Crippen LogP contribution in [0, 0.1) is 0 Å². The molecule has 0 saturated heterocycles. The molecular formula is C11H21ClN2O3S. The molecule has 5 nitrogen and oxygen atoms in total. The summed E-state index contributed by atoms with van der Waals surface area (Å²) in [5.41, 5.74) is -0.469. The molecule has 0 aliphatic heterocycles. The first-order chi connectivity index (χ1) is 8.35. The lowest BCUT2D eigenvalue weighted by molar-refractivity contribution is -0.118. The van der Waals surface area contributed by atoms with Crippen molar-refractivity contribution in [2.24, 2.45) is 0 Å². The molecule has 0 saturated carbocycles. The van der Waals surface area contributed by atoms with E-state index in [-0.39, 0.29) is 11.8 Å². The minimum atomic E-state index is -0.469. The Hall–Kier alpha value is -0.620. The predicted molar refractivity (Wildman–Crippen MR) is 75.3 cm³/mol. The Morgan fingerprint density at radius 3 is 2.22 bits per heavy atom. The van der Waals surface area contributed by atoms with Gasteiger partial charge in [-0.2, -0.15) is 11.8 Å². The van der Waals surface area contributed by atoms with Gasteiger partial charge in [0, 0.05) is 24.6 Å². The topological polar surface area (TPSA) is 67.4 Å². The Balaban J connectivity index is 3.35. The molecule has 0 heterocycles. The minimum Gasteiger partial charge on any atom is -0.444 e. The van der Waals surface area contributed by atoms with Crippen LogP contribution in [-0.2, 0) is 9.53 Å². The van der Waals surface area contributed by atoms with E-state index in [4.69, 9.17) is 16.3 Å². The van der Waals surface area contributed by atoms with E-state index in [1.807, 2.05) is 20.8 Å². The van der Waals surface area contributed by atoms with E-state index in [1.165, 1.54) is 0 Å². The molecule has 0 fully saturated rings. The number of alkyl halides is 1. The van der Waals surface area contributed by atoms with E-state index in [0.717, 1.165) is 11.5 Å². The van der Waals surface area contributed by atoms with Gasteiger partial charge >= 0.3 is 6.09 Å². The van der Waals surface area contributed by atoms with E-state index in [9.17, 15) is 9.59 Å². The van der Waals surface area contributed by atoms with Crippen LogP contribution in [0.15, 0.2) is 0 Å². The van der Waals surface area contributed by atoms with Gasteiger partial charge in [0.1, 0.15) is 11.5 Å². The summed E-state index contributed by atoms with van der Waals surface area (Å²) in [6.45, 7) is 6.59. The average molecular weight is 297 g/mol. The van der Waals surface area contributed by atoms with Gasteiger partial charge in [-0.25, -0.2) is 4.79 Å². The second kappa shape index (κ2) is 9.33. The number of hydrogen-bond acceptors (Lipinski definition) is 4.